The monoisotopic (exact) mass is 428 g/mol. The molecule has 32 heavy (non-hydrogen) atoms. The Hall–Kier alpha value is -3.54. The number of carbonyl (C=O) groups is 4. The normalized spacial score (nSPS) is 37.3. The summed E-state index contributed by atoms with van der Waals surface area (Å²) >= 11 is 0. The Bertz CT molecular complexity index is 1100. The maximum absolute atomic E-state index is 13.1. The number of benzene rings is 2. The molecule has 2 saturated heterocycles. The number of hydrogen-bond acceptors (Lipinski definition) is 6. The fourth-order valence-corrected chi connectivity index (χ4v) is 7.03. The minimum Gasteiger partial charge on any atom is -0.393 e. The minimum absolute atomic E-state index is 0.639. The van der Waals surface area contributed by atoms with Crippen LogP contribution < -0.4 is 0 Å². The van der Waals surface area contributed by atoms with Gasteiger partial charge in [-0.15, -0.1) is 0 Å². The lowest BCUT2D eigenvalue weighted by atomic mass is 9.36. The average molecular weight is 428 g/mol. The molecule has 3 fully saturated rings. The standard InChI is InChI=1S/C26H20O6/c1-25-15(13-9-5-3-6-10-13)16(14-11-7-4-8-12-14)26(2,19-17(25)21(27)31-23(19)29)20-18(25)22(28)32-24(20)30/h3-12,17-20H,1-2H3. The molecule has 5 aliphatic rings. The summed E-state index contributed by atoms with van der Waals surface area (Å²) in [5.41, 5.74) is 0.992. The van der Waals surface area contributed by atoms with E-state index in [1.165, 1.54) is 0 Å². The molecular weight excluding hydrogens is 408 g/mol. The van der Waals surface area contributed by atoms with Crippen LogP contribution in [-0.4, -0.2) is 23.9 Å². The highest BCUT2D eigenvalue weighted by Crippen LogP contribution is 2.76. The first-order valence-corrected chi connectivity index (χ1v) is 10.7. The van der Waals surface area contributed by atoms with Gasteiger partial charge in [0.2, 0.25) is 0 Å². The highest BCUT2D eigenvalue weighted by Gasteiger charge is 2.80. The molecule has 0 aromatic heterocycles. The van der Waals surface area contributed by atoms with Gasteiger partial charge in [0.05, 0.1) is 23.7 Å². The zero-order valence-corrected chi connectivity index (χ0v) is 17.5. The molecule has 0 amide bonds. The zero-order valence-electron chi connectivity index (χ0n) is 17.5. The Labute approximate surface area is 184 Å². The van der Waals surface area contributed by atoms with Gasteiger partial charge in [0.25, 0.3) is 0 Å². The van der Waals surface area contributed by atoms with E-state index in [0.29, 0.717) is 0 Å². The predicted octanol–water partition coefficient (Wildman–Crippen LogP) is 3.27. The molecule has 1 saturated carbocycles. The van der Waals surface area contributed by atoms with Gasteiger partial charge in [0, 0.05) is 10.8 Å². The lowest BCUT2D eigenvalue weighted by molar-refractivity contribution is -0.154. The molecule has 2 aromatic carbocycles. The smallest absolute Gasteiger partial charge is 0.318 e. The second kappa shape index (κ2) is 6.03. The van der Waals surface area contributed by atoms with E-state index >= 15 is 0 Å². The number of allylic oxidation sites excluding steroid dienone is 2. The molecule has 2 aromatic rings. The van der Waals surface area contributed by atoms with Crippen molar-refractivity contribution in [1.82, 2.24) is 0 Å². The van der Waals surface area contributed by atoms with Crippen molar-refractivity contribution >= 4 is 35.0 Å². The molecule has 4 atom stereocenters. The molecule has 0 radical (unpaired) electrons. The second-order valence-electron chi connectivity index (χ2n) is 9.44. The van der Waals surface area contributed by atoms with Crippen molar-refractivity contribution in [3.8, 4) is 0 Å². The Balaban J connectivity index is 1.80. The van der Waals surface area contributed by atoms with Gasteiger partial charge >= 0.3 is 23.9 Å². The van der Waals surface area contributed by atoms with E-state index in [9.17, 15) is 19.2 Å². The third kappa shape index (κ3) is 2.01. The van der Waals surface area contributed by atoms with E-state index in [-0.39, 0.29) is 0 Å². The van der Waals surface area contributed by atoms with Crippen LogP contribution in [0.25, 0.3) is 11.1 Å². The summed E-state index contributed by atoms with van der Waals surface area (Å²) in [6.07, 6.45) is 0. The Morgan fingerprint density at radius 3 is 1.09 bits per heavy atom. The van der Waals surface area contributed by atoms with Gasteiger partial charge in [-0.2, -0.15) is 0 Å². The maximum atomic E-state index is 13.1. The van der Waals surface area contributed by atoms with E-state index in [1.54, 1.807) is 0 Å². The summed E-state index contributed by atoms with van der Waals surface area (Å²) in [5, 5.41) is 0. The van der Waals surface area contributed by atoms with Crippen molar-refractivity contribution in [1.29, 1.82) is 0 Å². The van der Waals surface area contributed by atoms with E-state index in [0.717, 1.165) is 22.3 Å². The van der Waals surface area contributed by atoms with Crippen molar-refractivity contribution in [2.45, 2.75) is 13.8 Å². The van der Waals surface area contributed by atoms with E-state index in [4.69, 9.17) is 9.47 Å². The largest absolute Gasteiger partial charge is 0.393 e. The summed E-state index contributed by atoms with van der Waals surface area (Å²) < 4.78 is 10.3. The van der Waals surface area contributed by atoms with Gasteiger partial charge in [-0.1, -0.05) is 74.5 Å². The lowest BCUT2D eigenvalue weighted by Gasteiger charge is -2.61. The molecule has 6 nitrogen and oxygen atoms in total. The molecule has 2 aliphatic heterocycles. The van der Waals surface area contributed by atoms with E-state index in [1.807, 2.05) is 74.5 Å². The third-order valence-corrected chi connectivity index (χ3v) is 8.12. The van der Waals surface area contributed by atoms with E-state index < -0.39 is 58.4 Å². The highest BCUT2D eigenvalue weighted by atomic mass is 16.6. The lowest BCUT2D eigenvalue weighted by Crippen LogP contribution is -2.64. The van der Waals surface area contributed by atoms with Crippen LogP contribution in [0.15, 0.2) is 60.7 Å². The average Bonchev–Trinajstić information content (AvgIpc) is 3.27. The van der Waals surface area contributed by atoms with Gasteiger partial charge < -0.3 is 9.47 Å². The van der Waals surface area contributed by atoms with Gasteiger partial charge in [-0.05, 0) is 22.3 Å². The van der Waals surface area contributed by atoms with E-state index in [2.05, 4.69) is 0 Å². The van der Waals surface area contributed by atoms with Crippen LogP contribution >= 0.6 is 0 Å². The number of cyclic esters (lactones) is 4. The number of rotatable bonds is 2. The van der Waals surface area contributed by atoms with Crippen molar-refractivity contribution < 1.29 is 28.7 Å². The van der Waals surface area contributed by atoms with Gasteiger partial charge in [0.1, 0.15) is 0 Å². The molecule has 2 bridgehead atoms. The summed E-state index contributed by atoms with van der Waals surface area (Å²) in [6.45, 7) is 3.62. The second-order valence-corrected chi connectivity index (χ2v) is 9.44. The number of carbonyl (C=O) groups excluding carboxylic acids is 4. The Kier molecular flexibility index (Phi) is 3.61. The van der Waals surface area contributed by atoms with Crippen LogP contribution in [0.2, 0.25) is 0 Å². The summed E-state index contributed by atoms with van der Waals surface area (Å²) in [5.74, 6) is -6.05. The molecule has 160 valence electrons. The van der Waals surface area contributed by atoms with Gasteiger partial charge in [-0.3, -0.25) is 19.2 Å². The molecule has 0 spiro atoms. The molecule has 3 aliphatic carbocycles. The molecule has 6 heteroatoms. The Morgan fingerprint density at radius 2 is 0.812 bits per heavy atom. The number of esters is 4. The van der Waals surface area contributed by atoms with Crippen LogP contribution in [0.5, 0.6) is 0 Å². The number of hydrogen-bond donors (Lipinski definition) is 0. The van der Waals surface area contributed by atoms with Crippen molar-refractivity contribution in [3.63, 3.8) is 0 Å². The fourth-order valence-electron chi connectivity index (χ4n) is 7.03. The summed E-state index contributed by atoms with van der Waals surface area (Å²) in [4.78, 5) is 52.2. The van der Waals surface area contributed by atoms with Crippen molar-refractivity contribution in [2.24, 2.45) is 34.5 Å². The maximum Gasteiger partial charge on any atom is 0.318 e. The van der Waals surface area contributed by atoms with Crippen LogP contribution in [0.1, 0.15) is 25.0 Å². The molecule has 7 rings (SSSR count). The molecule has 2 heterocycles. The third-order valence-electron chi connectivity index (χ3n) is 8.12. The molecule has 0 N–H and O–H groups in total. The van der Waals surface area contributed by atoms with Crippen LogP contribution in [-0.2, 0) is 28.7 Å². The molecule has 4 unspecified atom stereocenters. The topological polar surface area (TPSA) is 86.7 Å². The van der Waals surface area contributed by atoms with Crippen LogP contribution in [0.3, 0.4) is 0 Å². The van der Waals surface area contributed by atoms with Crippen LogP contribution in [0.4, 0.5) is 0 Å². The first kappa shape index (κ1) is 19.2. The quantitative estimate of drug-likeness (QED) is 0.539. The van der Waals surface area contributed by atoms with Crippen molar-refractivity contribution in [2.75, 3.05) is 0 Å². The summed E-state index contributed by atoms with van der Waals surface area (Å²) in [6, 6.07) is 19.1. The zero-order chi connectivity index (χ0) is 22.4. The van der Waals surface area contributed by atoms with Gasteiger partial charge in [0.15, 0.2) is 0 Å². The highest BCUT2D eigenvalue weighted by molar-refractivity contribution is 6.13. The SMILES string of the molecule is CC12C(c3ccccc3)=C(c3ccccc3)C(C)(C3C(=O)OC(=O)C31)C1C(=O)OC(=O)C12. The Morgan fingerprint density at radius 1 is 0.531 bits per heavy atom. The first-order chi connectivity index (χ1) is 15.3. The number of ether oxygens (including phenoxy) is 2. The summed E-state index contributed by atoms with van der Waals surface area (Å²) in [7, 11) is 0. The van der Waals surface area contributed by atoms with Crippen molar-refractivity contribution in [3.05, 3.63) is 71.8 Å². The molecular formula is C26H20O6. The van der Waals surface area contributed by atoms with Crippen LogP contribution in [0, 0.1) is 34.5 Å². The fraction of sp³-hybridized carbons (Fsp3) is 0.308. The van der Waals surface area contributed by atoms with Gasteiger partial charge in [-0.25, -0.2) is 0 Å². The predicted molar refractivity (Wildman–Crippen MR) is 112 cm³/mol. The first-order valence-electron chi connectivity index (χ1n) is 10.7. The minimum atomic E-state index is -1.15.